The van der Waals surface area contributed by atoms with Crippen molar-refractivity contribution in [3.8, 4) is 28.4 Å². The third-order valence-electron chi connectivity index (χ3n) is 4.84. The molecule has 0 aliphatic carbocycles. The molecule has 0 saturated carbocycles. The van der Waals surface area contributed by atoms with Crippen LogP contribution in [0.15, 0.2) is 66.7 Å². The number of carbonyl (C=O) groups is 1. The van der Waals surface area contributed by atoms with Gasteiger partial charge in [-0.3, -0.25) is 0 Å². The number of aromatic hydroxyl groups is 1. The first-order valence-corrected chi connectivity index (χ1v) is 12.4. The smallest absolute Gasteiger partial charge is 0.323 e. The molecule has 0 fully saturated rings. The van der Waals surface area contributed by atoms with Crippen LogP contribution in [0.2, 0.25) is 30.1 Å². The molecule has 3 N–H and O–H groups in total. The van der Waals surface area contributed by atoms with Crippen molar-refractivity contribution >= 4 is 87.0 Å². The van der Waals surface area contributed by atoms with E-state index in [1.165, 1.54) is 24.3 Å². The van der Waals surface area contributed by atoms with E-state index < -0.39 is 6.03 Å². The summed E-state index contributed by atoms with van der Waals surface area (Å²) in [4.78, 5) is 12.5. The standard InChI is InChI=1S/C25H14Cl6N2O3/c26-12-1-4-14(5-2-12)32-25(35)33-15-8-17(24(31)20(30)9-15)16-10-23(19(29)11-18(16)28)36-22-6-3-13(27)7-21(22)34/h1-11,34H,(H2,32,33,35). The number of anilines is 2. The second-order valence-corrected chi connectivity index (χ2v) is 9.85. The molecule has 0 aromatic heterocycles. The Kier molecular flexibility index (Phi) is 8.30. The quantitative estimate of drug-likeness (QED) is 0.213. The normalized spacial score (nSPS) is 10.7. The van der Waals surface area contributed by atoms with Gasteiger partial charge in [-0.1, -0.05) is 69.6 Å². The molecule has 184 valence electrons. The lowest BCUT2D eigenvalue weighted by molar-refractivity contribution is 0.262. The average molecular weight is 603 g/mol. The van der Waals surface area contributed by atoms with E-state index in [1.807, 2.05) is 0 Å². The van der Waals surface area contributed by atoms with E-state index in [4.69, 9.17) is 74.3 Å². The molecule has 11 heteroatoms. The summed E-state index contributed by atoms with van der Waals surface area (Å²) in [6, 6.07) is 16.6. The Morgan fingerprint density at radius 1 is 0.639 bits per heavy atom. The molecule has 0 atom stereocenters. The zero-order valence-corrected chi connectivity index (χ0v) is 22.4. The molecule has 0 heterocycles. The van der Waals surface area contributed by atoms with Gasteiger partial charge < -0.3 is 20.5 Å². The van der Waals surface area contributed by atoms with Gasteiger partial charge in [0.15, 0.2) is 11.5 Å². The maximum atomic E-state index is 12.5. The van der Waals surface area contributed by atoms with Crippen molar-refractivity contribution in [3.05, 3.63) is 96.9 Å². The van der Waals surface area contributed by atoms with E-state index in [2.05, 4.69) is 10.6 Å². The van der Waals surface area contributed by atoms with Gasteiger partial charge in [0.25, 0.3) is 0 Å². The maximum Gasteiger partial charge on any atom is 0.323 e. The van der Waals surface area contributed by atoms with Crippen molar-refractivity contribution in [2.75, 3.05) is 10.6 Å². The fraction of sp³-hybridized carbons (Fsp3) is 0. The fourth-order valence-corrected chi connectivity index (χ4v) is 4.44. The van der Waals surface area contributed by atoms with Gasteiger partial charge in [-0.05, 0) is 60.7 Å². The van der Waals surface area contributed by atoms with Crippen LogP contribution in [0.5, 0.6) is 17.2 Å². The Bertz CT molecular complexity index is 1460. The summed E-state index contributed by atoms with van der Waals surface area (Å²) in [7, 11) is 0. The number of ether oxygens (including phenoxy) is 1. The zero-order chi connectivity index (χ0) is 26.0. The average Bonchev–Trinajstić information content (AvgIpc) is 2.81. The van der Waals surface area contributed by atoms with Crippen LogP contribution in [-0.4, -0.2) is 11.1 Å². The molecule has 4 rings (SSSR count). The van der Waals surface area contributed by atoms with E-state index in [9.17, 15) is 9.90 Å². The number of nitrogens with one attached hydrogen (secondary N) is 2. The van der Waals surface area contributed by atoms with Crippen molar-refractivity contribution < 1.29 is 14.6 Å². The molecule has 0 saturated heterocycles. The van der Waals surface area contributed by atoms with E-state index in [1.54, 1.807) is 42.5 Å². The van der Waals surface area contributed by atoms with Gasteiger partial charge in [-0.2, -0.15) is 0 Å². The molecular weight excluding hydrogens is 589 g/mol. The second kappa shape index (κ2) is 11.3. The van der Waals surface area contributed by atoms with Crippen LogP contribution < -0.4 is 15.4 Å². The summed E-state index contributed by atoms with van der Waals surface area (Å²) in [5.41, 5.74) is 1.75. The first kappa shape index (κ1) is 26.6. The lowest BCUT2D eigenvalue weighted by Gasteiger charge is -2.15. The number of rotatable bonds is 5. The van der Waals surface area contributed by atoms with Crippen LogP contribution in [0.1, 0.15) is 0 Å². The van der Waals surface area contributed by atoms with Gasteiger partial charge in [0.1, 0.15) is 5.75 Å². The summed E-state index contributed by atoms with van der Waals surface area (Å²) >= 11 is 37.4. The van der Waals surface area contributed by atoms with Crippen LogP contribution in [0.3, 0.4) is 0 Å². The van der Waals surface area contributed by atoms with E-state index in [0.29, 0.717) is 32.5 Å². The number of halogens is 6. The van der Waals surface area contributed by atoms with Gasteiger partial charge in [-0.15, -0.1) is 0 Å². The number of benzene rings is 4. The number of carbonyl (C=O) groups excluding carboxylic acids is 1. The minimum atomic E-state index is -0.508. The fourth-order valence-electron chi connectivity index (χ4n) is 3.19. The molecule has 2 amide bonds. The van der Waals surface area contributed by atoms with Gasteiger partial charge in [-0.25, -0.2) is 4.79 Å². The first-order valence-electron chi connectivity index (χ1n) is 10.1. The topological polar surface area (TPSA) is 70.6 Å². The summed E-state index contributed by atoms with van der Waals surface area (Å²) in [5, 5.41) is 17.3. The molecule has 0 bridgehead atoms. The molecule has 5 nitrogen and oxygen atoms in total. The Hall–Kier alpha value is -2.51. The monoisotopic (exact) mass is 600 g/mol. The van der Waals surface area contributed by atoms with Gasteiger partial charge in [0.05, 0.1) is 20.1 Å². The first-order chi connectivity index (χ1) is 17.1. The van der Waals surface area contributed by atoms with Crippen molar-refractivity contribution in [2.24, 2.45) is 0 Å². The van der Waals surface area contributed by atoms with Gasteiger partial charge in [0.2, 0.25) is 0 Å². The number of amides is 2. The third-order valence-corrected chi connectivity index (χ3v) is 6.74. The number of hydrogen-bond donors (Lipinski definition) is 3. The minimum Gasteiger partial charge on any atom is -0.504 e. The number of phenols is 1. The number of hydrogen-bond acceptors (Lipinski definition) is 3. The van der Waals surface area contributed by atoms with E-state index >= 15 is 0 Å². The Balaban J connectivity index is 1.66. The number of phenolic OH excluding ortho intramolecular Hbond substituents is 1. The highest BCUT2D eigenvalue weighted by Crippen LogP contribution is 2.45. The largest absolute Gasteiger partial charge is 0.504 e. The van der Waals surface area contributed by atoms with Gasteiger partial charge >= 0.3 is 6.03 Å². The van der Waals surface area contributed by atoms with Crippen molar-refractivity contribution in [1.82, 2.24) is 0 Å². The van der Waals surface area contributed by atoms with E-state index in [-0.39, 0.29) is 37.3 Å². The second-order valence-electron chi connectivity index (χ2n) is 7.38. The predicted molar refractivity (Wildman–Crippen MR) is 149 cm³/mol. The minimum absolute atomic E-state index is 0.132. The molecule has 0 unspecified atom stereocenters. The third kappa shape index (κ3) is 6.24. The molecule has 0 spiro atoms. The van der Waals surface area contributed by atoms with Crippen molar-refractivity contribution in [3.63, 3.8) is 0 Å². The van der Waals surface area contributed by atoms with Crippen LogP contribution in [-0.2, 0) is 0 Å². The Morgan fingerprint density at radius 2 is 1.31 bits per heavy atom. The summed E-state index contributed by atoms with van der Waals surface area (Å²) in [5.74, 6) is 0.154. The van der Waals surface area contributed by atoms with Crippen LogP contribution in [0, 0.1) is 0 Å². The summed E-state index contributed by atoms with van der Waals surface area (Å²) < 4.78 is 5.79. The summed E-state index contributed by atoms with van der Waals surface area (Å²) in [6.07, 6.45) is 0. The molecule has 0 radical (unpaired) electrons. The Morgan fingerprint density at radius 3 is 2.00 bits per heavy atom. The highest BCUT2D eigenvalue weighted by atomic mass is 35.5. The SMILES string of the molecule is O=C(Nc1ccc(Cl)cc1)Nc1cc(Cl)c(Cl)c(-c2cc(Oc3ccc(Cl)cc3O)c(Cl)cc2Cl)c1. The predicted octanol–water partition coefficient (Wildman–Crippen LogP) is 10.4. The molecule has 4 aromatic rings. The van der Waals surface area contributed by atoms with Crippen molar-refractivity contribution in [2.45, 2.75) is 0 Å². The van der Waals surface area contributed by atoms with Gasteiger partial charge in [0, 0.05) is 38.6 Å². The maximum absolute atomic E-state index is 12.5. The Labute approximate surface area is 236 Å². The highest BCUT2D eigenvalue weighted by Gasteiger charge is 2.18. The van der Waals surface area contributed by atoms with Crippen LogP contribution in [0.25, 0.3) is 11.1 Å². The molecule has 36 heavy (non-hydrogen) atoms. The molecule has 0 aliphatic heterocycles. The lowest BCUT2D eigenvalue weighted by atomic mass is 10.0. The zero-order valence-electron chi connectivity index (χ0n) is 17.9. The number of urea groups is 1. The lowest BCUT2D eigenvalue weighted by Crippen LogP contribution is -2.19. The van der Waals surface area contributed by atoms with Crippen LogP contribution in [0.4, 0.5) is 16.2 Å². The molecule has 4 aromatic carbocycles. The highest BCUT2D eigenvalue weighted by molar-refractivity contribution is 6.45. The van der Waals surface area contributed by atoms with Crippen LogP contribution >= 0.6 is 69.6 Å². The molecule has 0 aliphatic rings. The van der Waals surface area contributed by atoms with E-state index in [0.717, 1.165) is 0 Å². The summed E-state index contributed by atoms with van der Waals surface area (Å²) in [6.45, 7) is 0. The molecular formula is C25H14Cl6N2O3. The van der Waals surface area contributed by atoms with Crippen molar-refractivity contribution in [1.29, 1.82) is 0 Å².